The van der Waals surface area contributed by atoms with E-state index in [0.29, 0.717) is 48.3 Å². The fourth-order valence-corrected chi connectivity index (χ4v) is 8.86. The Morgan fingerprint density at radius 1 is 1.09 bits per heavy atom. The zero-order valence-corrected chi connectivity index (χ0v) is 25.7. The number of aromatic nitrogens is 3. The summed E-state index contributed by atoms with van der Waals surface area (Å²) in [6, 6.07) is 12.8. The Balaban J connectivity index is 1.23. The molecule has 4 fully saturated rings. The topological polar surface area (TPSA) is 75.6 Å². The molecule has 45 heavy (non-hydrogen) atoms. The Labute approximate surface area is 261 Å². The quantitative estimate of drug-likeness (QED) is 0.305. The highest BCUT2D eigenvalue weighted by molar-refractivity contribution is 6.02. The molecule has 9 rings (SSSR count). The predicted molar refractivity (Wildman–Crippen MR) is 169 cm³/mol. The summed E-state index contributed by atoms with van der Waals surface area (Å²) >= 11 is 0. The number of fused-ring (bicyclic) bond motifs is 7. The molecule has 0 aliphatic carbocycles. The predicted octanol–water partition coefficient (Wildman–Crippen LogP) is 5.76. The Kier molecular flexibility index (Phi) is 6.26. The number of hydrogen-bond donors (Lipinski definition) is 1. The van der Waals surface area contributed by atoms with Crippen molar-refractivity contribution in [2.75, 3.05) is 37.7 Å². The van der Waals surface area contributed by atoms with E-state index in [1.807, 2.05) is 18.2 Å². The molecule has 5 aliphatic heterocycles. The van der Waals surface area contributed by atoms with Gasteiger partial charge in [0.05, 0.1) is 11.6 Å². The van der Waals surface area contributed by atoms with E-state index in [0.717, 1.165) is 55.1 Å². The Bertz CT molecular complexity index is 1830. The molecule has 234 valence electrons. The van der Waals surface area contributed by atoms with Crippen LogP contribution in [0.4, 0.5) is 14.6 Å². The minimum atomic E-state index is -0.865. The summed E-state index contributed by atoms with van der Waals surface area (Å²) in [5.74, 6) is 0.681. The number of alkyl halides is 1. The number of ether oxygens (including phenoxy) is 2. The van der Waals surface area contributed by atoms with Crippen molar-refractivity contribution in [2.24, 2.45) is 0 Å². The van der Waals surface area contributed by atoms with Crippen LogP contribution in [-0.2, 0) is 0 Å². The summed E-state index contributed by atoms with van der Waals surface area (Å²) < 4.78 is 44.5. The van der Waals surface area contributed by atoms with E-state index in [4.69, 9.17) is 24.4 Å². The molecule has 10 heteroatoms. The molecule has 2 aromatic heterocycles. The van der Waals surface area contributed by atoms with Crippen LogP contribution in [0.5, 0.6) is 11.9 Å². The molecule has 2 aromatic carbocycles. The number of nitrogens with zero attached hydrogens (tertiary/aromatic N) is 5. The first-order valence-corrected chi connectivity index (χ1v) is 16.5. The van der Waals surface area contributed by atoms with Crippen LogP contribution in [0.25, 0.3) is 32.9 Å². The van der Waals surface area contributed by atoms with Gasteiger partial charge in [0.1, 0.15) is 41.8 Å². The lowest BCUT2D eigenvalue weighted by molar-refractivity contribution is 0.107. The summed E-state index contributed by atoms with van der Waals surface area (Å²) in [5.41, 5.74) is 1.83. The molecule has 4 aromatic rings. The van der Waals surface area contributed by atoms with Crippen LogP contribution < -0.4 is 19.7 Å². The summed E-state index contributed by atoms with van der Waals surface area (Å²) in [6.07, 6.45) is 3.59. The van der Waals surface area contributed by atoms with E-state index >= 15 is 4.39 Å². The lowest BCUT2D eigenvalue weighted by Gasteiger charge is -2.40. The number of anilines is 1. The summed E-state index contributed by atoms with van der Waals surface area (Å²) in [5, 5.41) is 6.23. The van der Waals surface area contributed by atoms with Gasteiger partial charge < -0.3 is 19.7 Å². The van der Waals surface area contributed by atoms with Gasteiger partial charge in [-0.3, -0.25) is 4.90 Å². The van der Waals surface area contributed by atoms with Crippen LogP contribution in [0, 0.1) is 5.82 Å². The number of benzene rings is 2. The highest BCUT2D eigenvalue weighted by atomic mass is 19.1. The van der Waals surface area contributed by atoms with Crippen LogP contribution in [0.2, 0.25) is 0 Å². The molecule has 0 radical (unpaired) electrons. The highest BCUT2D eigenvalue weighted by Crippen LogP contribution is 2.45. The highest BCUT2D eigenvalue weighted by Gasteiger charge is 2.50. The summed E-state index contributed by atoms with van der Waals surface area (Å²) in [4.78, 5) is 19.1. The molecule has 8 nitrogen and oxygen atoms in total. The minimum absolute atomic E-state index is 0.0200. The van der Waals surface area contributed by atoms with Crippen LogP contribution in [-0.4, -0.2) is 82.5 Å². The van der Waals surface area contributed by atoms with Crippen molar-refractivity contribution in [3.05, 3.63) is 47.8 Å². The molecule has 5 aliphatic rings. The zero-order valence-electron chi connectivity index (χ0n) is 25.7. The third-order valence-electron chi connectivity index (χ3n) is 11.0. The van der Waals surface area contributed by atoms with Gasteiger partial charge in [-0.25, -0.2) is 13.8 Å². The van der Waals surface area contributed by atoms with Gasteiger partial charge in [0.2, 0.25) is 5.88 Å². The number of rotatable bonds is 5. The second kappa shape index (κ2) is 10.2. The van der Waals surface area contributed by atoms with Gasteiger partial charge >= 0.3 is 6.01 Å². The first-order chi connectivity index (χ1) is 21.9. The Morgan fingerprint density at radius 3 is 2.82 bits per heavy atom. The average molecular weight is 613 g/mol. The van der Waals surface area contributed by atoms with Gasteiger partial charge in [0.15, 0.2) is 5.82 Å². The first-order valence-electron chi connectivity index (χ1n) is 16.5. The SMILES string of the molecule is CC(C)c1cccc2cccc(-c3nc4c5c(nc(OC[C@@]67CCCN6C[C@H](F)C7)nc5c3F)N3CC5CCC(N5)C3CO4)c12. The maximum absolute atomic E-state index is 17.1. The molecule has 2 bridgehead atoms. The average Bonchev–Trinajstić information content (AvgIpc) is 3.67. The van der Waals surface area contributed by atoms with Crippen LogP contribution in [0.3, 0.4) is 0 Å². The first kappa shape index (κ1) is 27.7. The van der Waals surface area contributed by atoms with E-state index in [9.17, 15) is 4.39 Å². The van der Waals surface area contributed by atoms with E-state index < -0.39 is 12.0 Å². The fraction of sp³-hybridized carbons (Fsp3) is 0.514. The standard InChI is InChI=1S/C35H38F2N6O2/c1-19(2)23-8-3-6-20-7-4-9-24(27(20)23)30-29(37)31-28-32(43-16-22-10-11-25(38-22)26(43)17-44-33(28)39-30)41-34(40-31)45-18-35-12-5-13-42(35)15-21(36)14-35/h3-4,6-9,19,21-22,25-26,38H,5,10-18H2,1-2H3/t21-,22?,25?,26?,35+/m1/s1. The van der Waals surface area contributed by atoms with E-state index in [2.05, 4.69) is 47.2 Å². The maximum Gasteiger partial charge on any atom is 0.319 e. The molecule has 0 spiro atoms. The number of nitrogens with one attached hydrogen (secondary N) is 1. The third kappa shape index (κ3) is 4.24. The van der Waals surface area contributed by atoms with Gasteiger partial charge in [-0.1, -0.05) is 50.2 Å². The molecular weight excluding hydrogens is 574 g/mol. The molecule has 4 saturated heterocycles. The van der Waals surface area contributed by atoms with Crippen LogP contribution in [0.15, 0.2) is 36.4 Å². The second-order valence-corrected chi connectivity index (χ2v) is 14.0. The normalized spacial score (nSPS) is 28.9. The van der Waals surface area contributed by atoms with Gasteiger partial charge in [-0.05, 0) is 54.5 Å². The molecule has 0 saturated carbocycles. The van der Waals surface area contributed by atoms with Crippen LogP contribution >= 0.6 is 0 Å². The lowest BCUT2D eigenvalue weighted by Crippen LogP contribution is -2.60. The molecular formula is C35H38F2N6O2. The Hall–Kier alpha value is -3.63. The van der Waals surface area contributed by atoms with Crippen LogP contribution in [0.1, 0.15) is 57.4 Å². The number of hydrogen-bond acceptors (Lipinski definition) is 8. The van der Waals surface area contributed by atoms with Crippen molar-refractivity contribution < 1.29 is 18.3 Å². The van der Waals surface area contributed by atoms with Crippen molar-refractivity contribution in [3.8, 4) is 23.1 Å². The number of piperazine rings is 1. The summed E-state index contributed by atoms with van der Waals surface area (Å²) in [6.45, 7) is 7.02. The smallest absolute Gasteiger partial charge is 0.319 e. The van der Waals surface area contributed by atoms with Gasteiger partial charge in [0.25, 0.3) is 0 Å². The summed E-state index contributed by atoms with van der Waals surface area (Å²) in [7, 11) is 0. The minimum Gasteiger partial charge on any atom is -0.475 e. The molecule has 3 unspecified atom stereocenters. The lowest BCUT2D eigenvalue weighted by atomic mass is 9.91. The van der Waals surface area contributed by atoms with E-state index in [1.165, 1.54) is 0 Å². The van der Waals surface area contributed by atoms with Gasteiger partial charge in [-0.15, -0.1) is 0 Å². The molecule has 7 heterocycles. The fourth-order valence-electron chi connectivity index (χ4n) is 8.86. The molecule has 1 N–H and O–H groups in total. The molecule has 5 atom stereocenters. The molecule has 0 amide bonds. The van der Waals surface area contributed by atoms with Crippen molar-refractivity contribution in [1.29, 1.82) is 0 Å². The van der Waals surface area contributed by atoms with Crippen molar-refractivity contribution >= 4 is 27.5 Å². The van der Waals surface area contributed by atoms with Crippen molar-refractivity contribution in [2.45, 2.75) is 81.7 Å². The largest absolute Gasteiger partial charge is 0.475 e. The zero-order chi connectivity index (χ0) is 30.4. The van der Waals surface area contributed by atoms with Gasteiger partial charge in [-0.2, -0.15) is 9.97 Å². The number of pyridine rings is 1. The second-order valence-electron chi connectivity index (χ2n) is 14.0. The van der Waals surface area contributed by atoms with Crippen molar-refractivity contribution in [3.63, 3.8) is 0 Å². The number of halogens is 2. The van der Waals surface area contributed by atoms with E-state index in [1.54, 1.807) is 0 Å². The van der Waals surface area contributed by atoms with E-state index in [-0.39, 0.29) is 47.4 Å². The Morgan fingerprint density at radius 2 is 1.96 bits per heavy atom. The third-order valence-corrected chi connectivity index (χ3v) is 11.0. The maximum atomic E-state index is 17.1. The van der Waals surface area contributed by atoms with Gasteiger partial charge in [0, 0.05) is 37.2 Å². The monoisotopic (exact) mass is 612 g/mol. The van der Waals surface area contributed by atoms with Crippen molar-refractivity contribution in [1.82, 2.24) is 25.2 Å².